The van der Waals surface area contributed by atoms with Gasteiger partial charge in [-0.3, -0.25) is 9.48 Å². The van der Waals surface area contributed by atoms with Gasteiger partial charge in [0.05, 0.1) is 6.20 Å². The molecular weight excluding hydrogens is 305 g/mol. The van der Waals surface area contributed by atoms with Crippen molar-refractivity contribution in [3.63, 3.8) is 0 Å². The van der Waals surface area contributed by atoms with Gasteiger partial charge in [0.1, 0.15) is 5.82 Å². The predicted octanol–water partition coefficient (Wildman–Crippen LogP) is 2.75. The van der Waals surface area contributed by atoms with Gasteiger partial charge in [0.25, 0.3) is 0 Å². The van der Waals surface area contributed by atoms with E-state index in [-0.39, 0.29) is 23.6 Å². The number of nitrogens with zero attached hydrogens (tertiary/aromatic N) is 3. The van der Waals surface area contributed by atoms with E-state index in [0.717, 1.165) is 37.9 Å². The standard InChI is InChI=1S/C19H22FN3O/c1-22-11-14(10-21-22)8-13-6-7-23(12-13)19(24)18-9-17(18)15-2-4-16(20)5-3-15/h2-5,10-11,13,17-18H,6-9,12H2,1H3/t13-,17+,18+/m0/s1. The third-order valence-electron chi connectivity index (χ3n) is 5.29. The second kappa shape index (κ2) is 6.04. The zero-order valence-corrected chi connectivity index (χ0v) is 13.9. The van der Waals surface area contributed by atoms with Crippen LogP contribution in [0.1, 0.15) is 29.9 Å². The van der Waals surface area contributed by atoms with Gasteiger partial charge in [0.2, 0.25) is 5.91 Å². The first kappa shape index (κ1) is 15.4. The number of aromatic nitrogens is 2. The Kier molecular flexibility index (Phi) is 3.87. The predicted molar refractivity (Wildman–Crippen MR) is 88.8 cm³/mol. The average Bonchev–Trinajstić information content (AvgIpc) is 3.05. The van der Waals surface area contributed by atoms with Crippen LogP contribution in [0.3, 0.4) is 0 Å². The summed E-state index contributed by atoms with van der Waals surface area (Å²) in [7, 11) is 1.93. The zero-order valence-electron chi connectivity index (χ0n) is 13.9. The maximum absolute atomic E-state index is 13.0. The quantitative estimate of drug-likeness (QED) is 0.866. The van der Waals surface area contributed by atoms with Crippen LogP contribution in [0.2, 0.25) is 0 Å². The van der Waals surface area contributed by atoms with Crippen molar-refractivity contribution in [2.45, 2.75) is 25.2 Å². The summed E-state index contributed by atoms with van der Waals surface area (Å²) >= 11 is 0. The van der Waals surface area contributed by atoms with E-state index in [1.165, 1.54) is 17.7 Å². The normalized spacial score (nSPS) is 25.9. The topological polar surface area (TPSA) is 38.1 Å². The second-order valence-electron chi connectivity index (χ2n) is 7.17. The van der Waals surface area contributed by atoms with E-state index < -0.39 is 0 Å². The molecule has 2 aromatic rings. The fourth-order valence-corrected chi connectivity index (χ4v) is 3.89. The molecular formula is C19H22FN3O. The maximum atomic E-state index is 13.0. The summed E-state index contributed by atoms with van der Waals surface area (Å²) in [6.45, 7) is 1.71. The molecule has 0 spiro atoms. The number of hydrogen-bond donors (Lipinski definition) is 0. The highest BCUT2D eigenvalue weighted by Crippen LogP contribution is 2.48. The number of amides is 1. The molecule has 0 unspecified atom stereocenters. The third-order valence-corrected chi connectivity index (χ3v) is 5.29. The number of carbonyl (C=O) groups is 1. The largest absolute Gasteiger partial charge is 0.342 e. The smallest absolute Gasteiger partial charge is 0.226 e. The lowest BCUT2D eigenvalue weighted by Gasteiger charge is -2.16. The molecule has 5 heteroatoms. The van der Waals surface area contributed by atoms with Gasteiger partial charge in [-0.15, -0.1) is 0 Å². The van der Waals surface area contributed by atoms with E-state index in [2.05, 4.69) is 11.3 Å². The third kappa shape index (κ3) is 3.07. The van der Waals surface area contributed by atoms with Gasteiger partial charge in [-0.05, 0) is 54.4 Å². The average molecular weight is 327 g/mol. The van der Waals surface area contributed by atoms with Crippen molar-refractivity contribution in [2.75, 3.05) is 13.1 Å². The number of likely N-dealkylation sites (tertiary alicyclic amines) is 1. The van der Waals surface area contributed by atoms with Gasteiger partial charge < -0.3 is 4.90 Å². The Labute approximate surface area is 141 Å². The molecule has 1 aliphatic heterocycles. The SMILES string of the molecule is Cn1cc(C[C@@H]2CCN(C(=O)[C@@H]3C[C@@H]3c3ccc(F)cc3)C2)cn1. The monoisotopic (exact) mass is 327 g/mol. The first-order valence-corrected chi connectivity index (χ1v) is 8.62. The minimum atomic E-state index is -0.222. The van der Waals surface area contributed by atoms with E-state index in [1.807, 2.05) is 35.0 Å². The lowest BCUT2D eigenvalue weighted by molar-refractivity contribution is -0.131. The van der Waals surface area contributed by atoms with E-state index >= 15 is 0 Å². The van der Waals surface area contributed by atoms with Crippen LogP contribution in [-0.4, -0.2) is 33.7 Å². The molecule has 1 amide bonds. The molecule has 0 radical (unpaired) electrons. The van der Waals surface area contributed by atoms with Crippen molar-refractivity contribution in [3.05, 3.63) is 53.6 Å². The Morgan fingerprint density at radius 3 is 2.83 bits per heavy atom. The van der Waals surface area contributed by atoms with Crippen LogP contribution >= 0.6 is 0 Å². The molecule has 24 heavy (non-hydrogen) atoms. The second-order valence-corrected chi connectivity index (χ2v) is 7.17. The maximum Gasteiger partial charge on any atom is 0.226 e. The summed E-state index contributed by atoms with van der Waals surface area (Å²) in [6.07, 6.45) is 6.92. The summed E-state index contributed by atoms with van der Waals surface area (Å²) in [5.74, 6) is 0.947. The molecule has 2 aliphatic rings. The first-order valence-electron chi connectivity index (χ1n) is 8.62. The molecule has 0 N–H and O–H groups in total. The summed E-state index contributed by atoms with van der Waals surface area (Å²) in [5.41, 5.74) is 2.33. The van der Waals surface area contributed by atoms with Gasteiger partial charge in [0, 0.05) is 32.3 Å². The summed E-state index contributed by atoms with van der Waals surface area (Å²) in [6, 6.07) is 6.58. The summed E-state index contributed by atoms with van der Waals surface area (Å²) in [5, 5.41) is 4.21. The van der Waals surface area contributed by atoms with Gasteiger partial charge in [-0.1, -0.05) is 12.1 Å². The van der Waals surface area contributed by atoms with Crippen molar-refractivity contribution in [1.29, 1.82) is 0 Å². The van der Waals surface area contributed by atoms with Crippen LogP contribution in [0, 0.1) is 17.7 Å². The molecule has 1 saturated carbocycles. The summed E-state index contributed by atoms with van der Waals surface area (Å²) < 4.78 is 14.8. The highest BCUT2D eigenvalue weighted by atomic mass is 19.1. The first-order chi connectivity index (χ1) is 11.6. The molecule has 126 valence electrons. The number of rotatable bonds is 4. The van der Waals surface area contributed by atoms with Crippen LogP contribution in [0.5, 0.6) is 0 Å². The van der Waals surface area contributed by atoms with Crippen molar-refractivity contribution in [2.24, 2.45) is 18.9 Å². The van der Waals surface area contributed by atoms with E-state index in [0.29, 0.717) is 5.92 Å². The molecule has 2 fully saturated rings. The fraction of sp³-hybridized carbons (Fsp3) is 0.474. The molecule has 3 atom stereocenters. The van der Waals surface area contributed by atoms with E-state index in [1.54, 1.807) is 0 Å². The molecule has 4 rings (SSSR count). The number of halogens is 1. The number of carbonyl (C=O) groups excluding carboxylic acids is 1. The minimum absolute atomic E-state index is 0.0904. The Morgan fingerprint density at radius 1 is 1.33 bits per heavy atom. The zero-order chi connectivity index (χ0) is 16.7. The van der Waals surface area contributed by atoms with E-state index in [9.17, 15) is 9.18 Å². The molecule has 2 heterocycles. The fourth-order valence-electron chi connectivity index (χ4n) is 3.89. The Morgan fingerprint density at radius 2 is 2.12 bits per heavy atom. The molecule has 1 aliphatic carbocycles. The van der Waals surface area contributed by atoms with Gasteiger partial charge in [-0.25, -0.2) is 4.39 Å². The number of aryl methyl sites for hydroxylation is 1. The highest BCUT2D eigenvalue weighted by Gasteiger charge is 2.46. The van der Waals surface area contributed by atoms with Crippen LogP contribution in [-0.2, 0) is 18.3 Å². The summed E-state index contributed by atoms with van der Waals surface area (Å²) in [4.78, 5) is 14.7. The van der Waals surface area contributed by atoms with Gasteiger partial charge in [-0.2, -0.15) is 5.10 Å². The van der Waals surface area contributed by atoms with Crippen LogP contribution in [0.4, 0.5) is 4.39 Å². The lowest BCUT2D eigenvalue weighted by Crippen LogP contribution is -2.30. The van der Waals surface area contributed by atoms with E-state index in [4.69, 9.17) is 0 Å². The van der Waals surface area contributed by atoms with Crippen LogP contribution in [0.15, 0.2) is 36.7 Å². The van der Waals surface area contributed by atoms with Crippen molar-refractivity contribution < 1.29 is 9.18 Å². The Balaban J connectivity index is 1.32. The van der Waals surface area contributed by atoms with Crippen molar-refractivity contribution in [1.82, 2.24) is 14.7 Å². The molecule has 0 bridgehead atoms. The Hall–Kier alpha value is -2.17. The van der Waals surface area contributed by atoms with Gasteiger partial charge in [0.15, 0.2) is 0 Å². The molecule has 1 aromatic heterocycles. The van der Waals surface area contributed by atoms with Crippen molar-refractivity contribution in [3.8, 4) is 0 Å². The van der Waals surface area contributed by atoms with Crippen molar-refractivity contribution >= 4 is 5.91 Å². The van der Waals surface area contributed by atoms with Crippen LogP contribution in [0.25, 0.3) is 0 Å². The molecule has 1 saturated heterocycles. The molecule has 1 aromatic carbocycles. The van der Waals surface area contributed by atoms with Gasteiger partial charge >= 0.3 is 0 Å². The minimum Gasteiger partial charge on any atom is -0.342 e. The highest BCUT2D eigenvalue weighted by molar-refractivity contribution is 5.83. The Bertz CT molecular complexity index is 739. The number of benzene rings is 1. The number of hydrogen-bond acceptors (Lipinski definition) is 2. The lowest BCUT2D eigenvalue weighted by atomic mass is 10.0. The molecule has 4 nitrogen and oxygen atoms in total. The van der Waals surface area contributed by atoms with Crippen LogP contribution < -0.4 is 0 Å².